The molecule has 0 saturated heterocycles. The lowest BCUT2D eigenvalue weighted by atomic mass is 10.0. The number of aryl methyl sites for hydroxylation is 1. The van der Waals surface area contributed by atoms with Crippen LogP contribution in [0.25, 0.3) is 5.57 Å². The van der Waals surface area contributed by atoms with Gasteiger partial charge < -0.3 is 10.6 Å². The Morgan fingerprint density at radius 3 is 2.66 bits per heavy atom. The molecule has 0 aliphatic heterocycles. The molecule has 3 aromatic rings. The highest BCUT2D eigenvalue weighted by Crippen LogP contribution is 2.36. The maximum atomic E-state index is 14.8. The van der Waals surface area contributed by atoms with Gasteiger partial charge in [-0.2, -0.15) is 0 Å². The number of halogens is 1. The van der Waals surface area contributed by atoms with E-state index in [0.717, 1.165) is 28.5 Å². The van der Waals surface area contributed by atoms with Crippen molar-refractivity contribution >= 4 is 38.9 Å². The lowest BCUT2D eigenvalue weighted by molar-refractivity contribution is 0.250. The van der Waals surface area contributed by atoms with E-state index in [-0.39, 0.29) is 23.7 Å². The second-order valence-electron chi connectivity index (χ2n) is 8.50. The number of fused-ring (bicyclic) bond motifs is 1. The van der Waals surface area contributed by atoms with Gasteiger partial charge in [0.2, 0.25) is 5.95 Å². The number of urea groups is 1. The highest BCUT2D eigenvalue weighted by atomic mass is 32.2. The molecule has 0 unspecified atom stereocenters. The number of nitrogens with zero attached hydrogens (tertiary/aromatic N) is 3. The van der Waals surface area contributed by atoms with Gasteiger partial charge in [-0.1, -0.05) is 12.1 Å². The number of hydrogen-bond acceptors (Lipinski definition) is 7. The van der Waals surface area contributed by atoms with Gasteiger partial charge in [-0.25, -0.2) is 32.6 Å². The monoisotopic (exact) mass is 496 g/mol. The van der Waals surface area contributed by atoms with Crippen LogP contribution in [0.4, 0.5) is 26.6 Å². The zero-order valence-corrected chi connectivity index (χ0v) is 20.5. The minimum atomic E-state index is -3.73. The molecule has 2 amide bonds. The van der Waals surface area contributed by atoms with Crippen LogP contribution in [0.1, 0.15) is 36.2 Å². The second-order valence-corrected chi connectivity index (χ2v) is 10.5. The third kappa shape index (κ3) is 5.14. The van der Waals surface area contributed by atoms with Crippen LogP contribution < -0.4 is 16.0 Å². The first kappa shape index (κ1) is 24.3. The zero-order chi connectivity index (χ0) is 25.3. The fraction of sp³-hybridized carbons (Fsp3) is 0.250. The van der Waals surface area contributed by atoms with Crippen molar-refractivity contribution in [2.24, 2.45) is 0 Å². The molecule has 0 fully saturated rings. The maximum Gasteiger partial charge on any atom is 0.320 e. The molecule has 0 bridgehead atoms. The molecule has 4 rings (SSSR count). The Morgan fingerprint density at radius 1 is 1.17 bits per heavy atom. The first-order chi connectivity index (χ1) is 16.5. The lowest BCUT2D eigenvalue weighted by Gasteiger charge is -2.14. The highest BCUT2D eigenvalue weighted by molar-refractivity contribution is 7.90. The number of allylic oxidation sites excluding steroid dienone is 1. The van der Waals surface area contributed by atoms with E-state index in [1.807, 2.05) is 32.9 Å². The van der Waals surface area contributed by atoms with Gasteiger partial charge in [0.05, 0.1) is 11.4 Å². The number of aromatic nitrogens is 3. The van der Waals surface area contributed by atoms with E-state index in [2.05, 4.69) is 30.9 Å². The standard InChI is InChI=1S/C24H25FN6O3S/c1-13(2)28-24(32)31-22-17-9-8-16(15(17)10-11-26-22)21-14(3)12-27-23(30-21)29-18-6-5-7-19(20(18)25)35(4,33)34/h5-8,10-13H,9H2,1-4H3,(H,27,29,30)(H2,26,28,31,32). The number of rotatable bonds is 6. The number of carbonyl (C=O) groups excluding carboxylic acids is 1. The predicted molar refractivity (Wildman–Crippen MR) is 132 cm³/mol. The molecular weight excluding hydrogens is 471 g/mol. The van der Waals surface area contributed by atoms with Crippen LogP contribution in [0.5, 0.6) is 0 Å². The summed E-state index contributed by atoms with van der Waals surface area (Å²) >= 11 is 0. The smallest absolute Gasteiger partial charge is 0.320 e. The minimum absolute atomic E-state index is 0.0157. The summed E-state index contributed by atoms with van der Waals surface area (Å²) in [4.78, 5) is 24.9. The van der Waals surface area contributed by atoms with Gasteiger partial charge in [-0.05, 0) is 56.5 Å². The topological polar surface area (TPSA) is 126 Å². The largest absolute Gasteiger partial charge is 0.336 e. The fourth-order valence-electron chi connectivity index (χ4n) is 3.79. The summed E-state index contributed by atoms with van der Waals surface area (Å²) in [6.45, 7) is 5.60. The van der Waals surface area contributed by atoms with Crippen LogP contribution in [-0.4, -0.2) is 41.7 Å². The summed E-state index contributed by atoms with van der Waals surface area (Å²) in [7, 11) is -3.73. The second kappa shape index (κ2) is 9.41. The Bertz CT molecular complexity index is 1450. The third-order valence-corrected chi connectivity index (χ3v) is 6.46. The molecule has 0 saturated carbocycles. The van der Waals surface area contributed by atoms with E-state index in [0.29, 0.717) is 17.9 Å². The van der Waals surface area contributed by atoms with Crippen molar-refractivity contribution < 1.29 is 17.6 Å². The van der Waals surface area contributed by atoms with Crippen LogP contribution in [0, 0.1) is 12.7 Å². The van der Waals surface area contributed by atoms with Gasteiger partial charge in [0.15, 0.2) is 15.7 Å². The average Bonchev–Trinajstić information content (AvgIpc) is 3.20. The van der Waals surface area contributed by atoms with Crippen molar-refractivity contribution in [3.8, 4) is 0 Å². The van der Waals surface area contributed by atoms with E-state index in [1.165, 1.54) is 18.2 Å². The first-order valence-electron chi connectivity index (χ1n) is 10.9. The summed E-state index contributed by atoms with van der Waals surface area (Å²) in [5.41, 5.74) is 3.95. The molecule has 1 aromatic carbocycles. The molecule has 182 valence electrons. The number of anilines is 3. The average molecular weight is 497 g/mol. The predicted octanol–water partition coefficient (Wildman–Crippen LogP) is 3.98. The molecule has 0 spiro atoms. The Hall–Kier alpha value is -3.86. The lowest BCUT2D eigenvalue weighted by Crippen LogP contribution is -2.34. The number of sulfone groups is 1. The summed E-state index contributed by atoms with van der Waals surface area (Å²) in [6.07, 6.45) is 6.71. The zero-order valence-electron chi connectivity index (χ0n) is 19.7. The van der Waals surface area contributed by atoms with Gasteiger partial charge in [0, 0.05) is 35.8 Å². The normalized spacial score (nSPS) is 12.8. The van der Waals surface area contributed by atoms with Crippen molar-refractivity contribution in [3.05, 3.63) is 70.9 Å². The van der Waals surface area contributed by atoms with E-state index >= 15 is 0 Å². The maximum absolute atomic E-state index is 14.8. The fourth-order valence-corrected chi connectivity index (χ4v) is 4.55. The van der Waals surface area contributed by atoms with Gasteiger partial charge in [0.1, 0.15) is 10.7 Å². The van der Waals surface area contributed by atoms with Crippen LogP contribution >= 0.6 is 0 Å². The summed E-state index contributed by atoms with van der Waals surface area (Å²) < 4.78 is 38.5. The quantitative estimate of drug-likeness (QED) is 0.471. The van der Waals surface area contributed by atoms with Crippen molar-refractivity contribution in [2.75, 3.05) is 16.9 Å². The minimum Gasteiger partial charge on any atom is -0.336 e. The molecule has 3 N–H and O–H groups in total. The van der Waals surface area contributed by atoms with Gasteiger partial charge in [-0.3, -0.25) is 5.32 Å². The molecule has 9 nitrogen and oxygen atoms in total. The van der Waals surface area contributed by atoms with Crippen LogP contribution in [-0.2, 0) is 16.3 Å². The molecule has 2 heterocycles. The van der Waals surface area contributed by atoms with Gasteiger partial charge >= 0.3 is 6.03 Å². The molecule has 2 aromatic heterocycles. The Kier molecular flexibility index (Phi) is 6.53. The molecule has 1 aliphatic rings. The highest BCUT2D eigenvalue weighted by Gasteiger charge is 2.23. The van der Waals surface area contributed by atoms with Crippen LogP contribution in [0.3, 0.4) is 0 Å². The number of hydrogen-bond donors (Lipinski definition) is 3. The number of pyridine rings is 1. The number of carbonyl (C=O) groups is 1. The van der Waals surface area contributed by atoms with E-state index in [9.17, 15) is 17.6 Å². The van der Waals surface area contributed by atoms with Gasteiger partial charge in [0.25, 0.3) is 0 Å². The number of nitrogens with one attached hydrogen (secondary N) is 3. The third-order valence-electron chi connectivity index (χ3n) is 5.34. The molecule has 11 heteroatoms. The Morgan fingerprint density at radius 2 is 1.94 bits per heavy atom. The van der Waals surface area contributed by atoms with Crippen LogP contribution in [0.2, 0.25) is 0 Å². The molecular formula is C24H25FN6O3S. The van der Waals surface area contributed by atoms with E-state index < -0.39 is 20.5 Å². The molecule has 0 atom stereocenters. The molecule has 35 heavy (non-hydrogen) atoms. The SMILES string of the molecule is Cc1cnc(Nc2cccc(S(C)(=O)=O)c2F)nc1C1=CCc2c1ccnc2NC(=O)NC(C)C. The Balaban J connectivity index is 1.65. The van der Waals surface area contributed by atoms with Crippen molar-refractivity contribution in [1.29, 1.82) is 0 Å². The van der Waals surface area contributed by atoms with E-state index in [4.69, 9.17) is 0 Å². The summed E-state index contributed by atoms with van der Waals surface area (Å²) in [6, 6.07) is 5.57. The van der Waals surface area contributed by atoms with Crippen molar-refractivity contribution in [1.82, 2.24) is 20.3 Å². The van der Waals surface area contributed by atoms with Gasteiger partial charge in [-0.15, -0.1) is 0 Å². The van der Waals surface area contributed by atoms with Crippen LogP contribution in [0.15, 0.2) is 47.6 Å². The number of amides is 2. The van der Waals surface area contributed by atoms with Crippen molar-refractivity contribution in [2.45, 2.75) is 38.1 Å². The molecule has 1 aliphatic carbocycles. The molecule has 0 radical (unpaired) electrons. The van der Waals surface area contributed by atoms with Crippen molar-refractivity contribution in [3.63, 3.8) is 0 Å². The first-order valence-corrected chi connectivity index (χ1v) is 12.8. The number of benzene rings is 1. The Labute approximate surface area is 202 Å². The van der Waals surface area contributed by atoms with E-state index in [1.54, 1.807) is 12.4 Å². The summed E-state index contributed by atoms with van der Waals surface area (Å²) in [5.74, 6) is -0.308. The summed E-state index contributed by atoms with van der Waals surface area (Å²) in [5, 5.41) is 8.37.